The second-order valence-electron chi connectivity index (χ2n) is 12.0. The Kier molecular flexibility index (Phi) is 10.4. The number of hydrogen-bond donors (Lipinski definition) is 3. The molecule has 2 heterocycles. The summed E-state index contributed by atoms with van der Waals surface area (Å²) >= 11 is 1.22. The number of carbonyl (C=O) groups is 3. The Morgan fingerprint density at radius 1 is 1.05 bits per heavy atom. The highest BCUT2D eigenvalue weighted by atomic mass is 32.2. The SMILES string of the molecule is CN[C@@H](C)C(=O)N[C@H](C(=O)N1CCC[C@H]1C(=O)Nc1sc(S(=O)C(C)(C)C)nc1-c1ccccc1)C1CCCCC1. The molecule has 2 fully saturated rings. The van der Waals surface area contributed by atoms with Crippen molar-refractivity contribution in [3.8, 4) is 11.3 Å². The van der Waals surface area contributed by atoms with Gasteiger partial charge in [0.1, 0.15) is 22.8 Å². The normalized spacial score (nSPS) is 20.3. The van der Waals surface area contributed by atoms with E-state index in [4.69, 9.17) is 4.98 Å². The first-order valence-corrected chi connectivity index (χ1v) is 16.5. The fraction of sp³-hybridized carbons (Fsp3) is 0.600. The molecule has 4 rings (SSSR count). The molecule has 224 valence electrons. The van der Waals surface area contributed by atoms with Gasteiger partial charge < -0.3 is 20.9 Å². The fourth-order valence-corrected chi connectivity index (χ4v) is 8.18. The van der Waals surface area contributed by atoms with Crippen LogP contribution < -0.4 is 16.0 Å². The van der Waals surface area contributed by atoms with Gasteiger partial charge in [-0.2, -0.15) is 0 Å². The van der Waals surface area contributed by atoms with Gasteiger partial charge in [0.05, 0.1) is 16.8 Å². The van der Waals surface area contributed by atoms with Crippen LogP contribution in [-0.4, -0.2) is 68.3 Å². The van der Waals surface area contributed by atoms with E-state index in [2.05, 4.69) is 16.0 Å². The summed E-state index contributed by atoms with van der Waals surface area (Å²) in [5, 5.41) is 9.53. The van der Waals surface area contributed by atoms with Gasteiger partial charge in [-0.1, -0.05) is 60.9 Å². The number of aromatic nitrogens is 1. The van der Waals surface area contributed by atoms with Gasteiger partial charge in [-0.15, -0.1) is 0 Å². The van der Waals surface area contributed by atoms with E-state index in [1.54, 1.807) is 18.9 Å². The smallest absolute Gasteiger partial charge is 0.247 e. The second kappa shape index (κ2) is 13.6. The first-order chi connectivity index (χ1) is 19.5. The summed E-state index contributed by atoms with van der Waals surface area (Å²) in [5.74, 6) is -0.641. The molecule has 1 aliphatic carbocycles. The van der Waals surface area contributed by atoms with Crippen LogP contribution in [0.25, 0.3) is 11.3 Å². The number of nitrogens with zero attached hydrogens (tertiary/aromatic N) is 2. The summed E-state index contributed by atoms with van der Waals surface area (Å²) in [4.78, 5) is 47.0. The van der Waals surface area contributed by atoms with E-state index in [0.29, 0.717) is 34.4 Å². The second-order valence-corrected chi connectivity index (χ2v) is 15.4. The Bertz CT molecular complexity index is 1250. The molecule has 0 spiro atoms. The third-order valence-corrected chi connectivity index (χ3v) is 10.9. The number of likely N-dealkylation sites (tertiary alicyclic amines) is 1. The monoisotopic (exact) mass is 601 g/mol. The van der Waals surface area contributed by atoms with Crippen molar-refractivity contribution in [3.63, 3.8) is 0 Å². The van der Waals surface area contributed by atoms with Crippen molar-refractivity contribution in [2.75, 3.05) is 18.9 Å². The minimum atomic E-state index is -1.37. The lowest BCUT2D eigenvalue weighted by molar-refractivity contribution is -0.142. The lowest BCUT2D eigenvalue weighted by Gasteiger charge is -2.35. The van der Waals surface area contributed by atoms with Crippen LogP contribution in [-0.2, 0) is 25.2 Å². The molecule has 4 atom stereocenters. The Balaban J connectivity index is 1.58. The lowest BCUT2D eigenvalue weighted by Crippen LogP contribution is -2.57. The van der Waals surface area contributed by atoms with Gasteiger partial charge in [0.15, 0.2) is 4.34 Å². The molecule has 1 aromatic heterocycles. The molecule has 41 heavy (non-hydrogen) atoms. The number of likely N-dealkylation sites (N-methyl/N-ethyl adjacent to an activating group) is 1. The number of thiazole rings is 1. The van der Waals surface area contributed by atoms with Gasteiger partial charge in [0.2, 0.25) is 17.7 Å². The maximum Gasteiger partial charge on any atom is 0.247 e. The highest BCUT2D eigenvalue weighted by Crippen LogP contribution is 2.37. The molecule has 2 aliphatic rings. The number of anilines is 1. The van der Waals surface area contributed by atoms with E-state index in [1.807, 2.05) is 51.1 Å². The minimum Gasteiger partial charge on any atom is -0.343 e. The third kappa shape index (κ3) is 7.42. The highest BCUT2D eigenvalue weighted by Gasteiger charge is 2.41. The van der Waals surface area contributed by atoms with Crippen molar-refractivity contribution in [2.45, 2.75) is 99.9 Å². The summed E-state index contributed by atoms with van der Waals surface area (Å²) in [5.41, 5.74) is 1.38. The van der Waals surface area contributed by atoms with Crippen LogP contribution in [0.2, 0.25) is 0 Å². The Hall–Kier alpha value is -2.63. The topological polar surface area (TPSA) is 121 Å². The molecule has 1 saturated carbocycles. The molecule has 1 aromatic carbocycles. The molecule has 1 aliphatic heterocycles. The van der Waals surface area contributed by atoms with Crippen molar-refractivity contribution in [2.24, 2.45) is 5.92 Å². The van der Waals surface area contributed by atoms with Gasteiger partial charge in [-0.25, -0.2) is 4.98 Å². The molecule has 3 amide bonds. The molecular weight excluding hydrogens is 558 g/mol. The number of amides is 3. The number of carbonyl (C=O) groups excluding carboxylic acids is 3. The average molecular weight is 602 g/mol. The summed E-state index contributed by atoms with van der Waals surface area (Å²) in [6.07, 6.45) is 6.19. The molecular formula is C30H43N5O4S2. The predicted molar refractivity (Wildman–Crippen MR) is 164 cm³/mol. The molecule has 0 radical (unpaired) electrons. The summed E-state index contributed by atoms with van der Waals surface area (Å²) in [7, 11) is 0.348. The van der Waals surface area contributed by atoms with Crippen LogP contribution in [0, 0.1) is 5.92 Å². The zero-order valence-electron chi connectivity index (χ0n) is 24.7. The van der Waals surface area contributed by atoms with E-state index < -0.39 is 33.7 Å². The van der Waals surface area contributed by atoms with Gasteiger partial charge in [0, 0.05) is 16.9 Å². The van der Waals surface area contributed by atoms with Crippen LogP contribution in [0.1, 0.15) is 72.6 Å². The van der Waals surface area contributed by atoms with E-state index in [1.165, 1.54) is 11.3 Å². The molecule has 1 unspecified atom stereocenters. The van der Waals surface area contributed by atoms with Crippen LogP contribution >= 0.6 is 11.3 Å². The molecule has 2 aromatic rings. The van der Waals surface area contributed by atoms with Gasteiger partial charge in [-0.05, 0) is 66.3 Å². The van der Waals surface area contributed by atoms with Crippen molar-refractivity contribution in [1.82, 2.24) is 20.5 Å². The Morgan fingerprint density at radius 2 is 1.73 bits per heavy atom. The maximum atomic E-state index is 14.0. The van der Waals surface area contributed by atoms with Crippen LogP contribution in [0.3, 0.4) is 0 Å². The standard InChI is InChI=1S/C30H43N5O4S2/c1-19(31-5)25(36)32-24(21-15-10-7-11-16-21)28(38)35-18-12-17-22(35)26(37)34-27-23(20-13-8-6-9-14-20)33-29(40-27)41(39)30(2,3)4/h6,8-9,13-14,19,21-22,24,31H,7,10-12,15-18H2,1-5H3,(H,32,36)(H,34,37)/t19-,22-,24-,41?/m0/s1. The zero-order valence-corrected chi connectivity index (χ0v) is 26.3. The Labute approximate surface area is 249 Å². The maximum absolute atomic E-state index is 14.0. The number of hydrogen-bond acceptors (Lipinski definition) is 7. The first kappa shape index (κ1) is 31.3. The van der Waals surface area contributed by atoms with Crippen LogP contribution in [0.15, 0.2) is 34.7 Å². The lowest BCUT2D eigenvalue weighted by atomic mass is 9.83. The molecule has 0 bridgehead atoms. The molecule has 9 nitrogen and oxygen atoms in total. The van der Waals surface area contributed by atoms with Gasteiger partial charge >= 0.3 is 0 Å². The molecule has 11 heteroatoms. The number of benzene rings is 1. The zero-order chi connectivity index (χ0) is 29.7. The summed E-state index contributed by atoms with van der Waals surface area (Å²) < 4.78 is 13.1. The van der Waals surface area contributed by atoms with Gasteiger partial charge in [-0.3, -0.25) is 18.6 Å². The Morgan fingerprint density at radius 3 is 2.37 bits per heavy atom. The first-order valence-electron chi connectivity index (χ1n) is 14.6. The third-order valence-electron chi connectivity index (χ3n) is 7.96. The predicted octanol–water partition coefficient (Wildman–Crippen LogP) is 4.32. The number of rotatable bonds is 9. The van der Waals surface area contributed by atoms with E-state index in [0.717, 1.165) is 37.7 Å². The van der Waals surface area contributed by atoms with E-state index in [9.17, 15) is 18.6 Å². The average Bonchev–Trinajstić information content (AvgIpc) is 3.63. The summed E-state index contributed by atoms with van der Waals surface area (Å²) in [6, 6.07) is 7.77. The number of nitrogens with one attached hydrogen (secondary N) is 3. The fourth-order valence-electron chi connectivity index (χ4n) is 5.45. The molecule has 1 saturated heterocycles. The van der Waals surface area contributed by atoms with Crippen LogP contribution in [0.5, 0.6) is 0 Å². The minimum absolute atomic E-state index is 0.0506. The van der Waals surface area contributed by atoms with Crippen molar-refractivity contribution < 1.29 is 18.6 Å². The summed E-state index contributed by atoms with van der Waals surface area (Å²) in [6.45, 7) is 7.92. The molecule has 3 N–H and O–H groups in total. The van der Waals surface area contributed by atoms with E-state index >= 15 is 0 Å². The van der Waals surface area contributed by atoms with Crippen LogP contribution in [0.4, 0.5) is 5.00 Å². The quantitative estimate of drug-likeness (QED) is 0.394. The largest absolute Gasteiger partial charge is 0.343 e. The van der Waals surface area contributed by atoms with Crippen molar-refractivity contribution >= 4 is 44.9 Å². The highest BCUT2D eigenvalue weighted by molar-refractivity contribution is 7.88. The van der Waals surface area contributed by atoms with E-state index in [-0.39, 0.29) is 23.6 Å². The van der Waals surface area contributed by atoms with Gasteiger partial charge in [0.25, 0.3) is 0 Å². The van der Waals surface area contributed by atoms with Crippen molar-refractivity contribution in [3.05, 3.63) is 30.3 Å². The van der Waals surface area contributed by atoms with Crippen molar-refractivity contribution in [1.29, 1.82) is 0 Å².